The fraction of sp³-hybridized carbons (Fsp3) is 0.267. The number of aryl methyl sites for hydroxylation is 1. The van der Waals surface area contributed by atoms with Crippen LogP contribution >= 0.6 is 11.3 Å². The van der Waals surface area contributed by atoms with E-state index < -0.39 is 5.97 Å². The van der Waals surface area contributed by atoms with E-state index in [2.05, 4.69) is 10.3 Å². The molecule has 2 N–H and O–H groups in total. The quantitative estimate of drug-likeness (QED) is 0.858. The molecular formula is C15H16N2O3S. The smallest absolute Gasteiger partial charge is 0.347 e. The maximum absolute atomic E-state index is 11.9. The van der Waals surface area contributed by atoms with Gasteiger partial charge in [-0.2, -0.15) is 0 Å². The Labute approximate surface area is 126 Å². The first-order chi connectivity index (χ1) is 10.1. The van der Waals surface area contributed by atoms with Crippen LogP contribution in [-0.2, 0) is 24.2 Å². The minimum absolute atomic E-state index is 0.109. The van der Waals surface area contributed by atoms with E-state index in [9.17, 15) is 9.59 Å². The summed E-state index contributed by atoms with van der Waals surface area (Å²) in [4.78, 5) is 27.4. The van der Waals surface area contributed by atoms with Crippen LogP contribution in [0.5, 0.6) is 0 Å². The van der Waals surface area contributed by atoms with Gasteiger partial charge in [0.05, 0.1) is 12.1 Å². The highest BCUT2D eigenvalue weighted by Gasteiger charge is 2.17. The maximum Gasteiger partial charge on any atom is 0.347 e. The zero-order chi connectivity index (χ0) is 15.2. The Morgan fingerprint density at radius 1 is 1.29 bits per heavy atom. The second kappa shape index (κ2) is 6.99. The number of nitrogens with one attached hydrogen (secondary N) is 1. The van der Waals surface area contributed by atoms with Gasteiger partial charge in [-0.05, 0) is 12.0 Å². The predicted molar refractivity (Wildman–Crippen MR) is 80.4 cm³/mol. The first-order valence-electron chi connectivity index (χ1n) is 6.62. The third kappa shape index (κ3) is 4.13. The molecule has 2 rings (SSSR count). The zero-order valence-electron chi connectivity index (χ0n) is 11.6. The number of hydrogen-bond acceptors (Lipinski definition) is 4. The molecule has 2 aromatic rings. The molecule has 0 aliphatic carbocycles. The van der Waals surface area contributed by atoms with Crippen LogP contribution in [0.25, 0.3) is 0 Å². The van der Waals surface area contributed by atoms with Crippen molar-refractivity contribution in [3.63, 3.8) is 0 Å². The molecule has 1 amide bonds. The highest BCUT2D eigenvalue weighted by Crippen LogP contribution is 2.19. The van der Waals surface area contributed by atoms with Crippen LogP contribution in [0.2, 0.25) is 0 Å². The number of carboxylic acids is 1. The van der Waals surface area contributed by atoms with Gasteiger partial charge in [0, 0.05) is 6.54 Å². The fourth-order valence-corrected chi connectivity index (χ4v) is 2.87. The molecule has 1 aromatic carbocycles. The number of thiazole rings is 1. The molecule has 0 aliphatic rings. The van der Waals surface area contributed by atoms with Crippen LogP contribution in [0.3, 0.4) is 0 Å². The van der Waals surface area contributed by atoms with Crippen LogP contribution in [0, 0.1) is 0 Å². The second-order valence-corrected chi connectivity index (χ2v) is 5.56. The number of aromatic carboxylic acids is 1. The van der Waals surface area contributed by atoms with Gasteiger partial charge < -0.3 is 10.4 Å². The summed E-state index contributed by atoms with van der Waals surface area (Å²) in [6, 6.07) is 9.60. The minimum atomic E-state index is -0.986. The van der Waals surface area contributed by atoms with Crippen molar-refractivity contribution in [2.45, 2.75) is 26.3 Å². The van der Waals surface area contributed by atoms with Gasteiger partial charge >= 0.3 is 5.97 Å². The third-order valence-electron chi connectivity index (χ3n) is 2.92. The maximum atomic E-state index is 11.9. The number of hydrogen-bond donors (Lipinski definition) is 2. The summed E-state index contributed by atoms with van der Waals surface area (Å²) in [6.45, 7) is 2.30. The molecule has 0 bridgehead atoms. The summed E-state index contributed by atoms with van der Waals surface area (Å²) in [6.07, 6.45) is 0.654. The normalized spacial score (nSPS) is 10.3. The van der Waals surface area contributed by atoms with E-state index in [1.165, 1.54) is 0 Å². The van der Waals surface area contributed by atoms with Gasteiger partial charge in [-0.15, -0.1) is 11.3 Å². The van der Waals surface area contributed by atoms with Crippen molar-refractivity contribution in [3.05, 3.63) is 51.5 Å². The molecule has 1 heterocycles. The molecule has 0 unspecified atom stereocenters. The monoisotopic (exact) mass is 304 g/mol. The van der Waals surface area contributed by atoms with E-state index >= 15 is 0 Å². The number of carboxylic acid groups (broad SMARTS) is 1. The Morgan fingerprint density at radius 2 is 2.00 bits per heavy atom. The number of benzene rings is 1. The molecule has 21 heavy (non-hydrogen) atoms. The van der Waals surface area contributed by atoms with E-state index in [1.54, 1.807) is 0 Å². The summed E-state index contributed by atoms with van der Waals surface area (Å²) >= 11 is 1.07. The first kappa shape index (κ1) is 15.2. The van der Waals surface area contributed by atoms with Gasteiger partial charge in [0.25, 0.3) is 0 Å². The van der Waals surface area contributed by atoms with Crippen molar-refractivity contribution >= 4 is 23.2 Å². The topological polar surface area (TPSA) is 79.3 Å². The second-order valence-electron chi connectivity index (χ2n) is 4.48. The minimum Gasteiger partial charge on any atom is -0.477 e. The summed E-state index contributed by atoms with van der Waals surface area (Å²) in [5, 5.41) is 12.4. The Balaban J connectivity index is 1.95. The van der Waals surface area contributed by atoms with E-state index in [1.807, 2.05) is 37.3 Å². The van der Waals surface area contributed by atoms with Crippen molar-refractivity contribution in [2.24, 2.45) is 0 Å². The number of rotatable bonds is 6. The molecule has 6 heteroatoms. The third-order valence-corrected chi connectivity index (χ3v) is 4.00. The summed E-state index contributed by atoms with van der Waals surface area (Å²) in [5.41, 5.74) is 1.56. The molecule has 1 aromatic heterocycles. The van der Waals surface area contributed by atoms with Crippen molar-refractivity contribution in [3.8, 4) is 0 Å². The van der Waals surface area contributed by atoms with Crippen molar-refractivity contribution in [1.29, 1.82) is 0 Å². The summed E-state index contributed by atoms with van der Waals surface area (Å²) in [7, 11) is 0. The van der Waals surface area contributed by atoms with E-state index in [4.69, 9.17) is 5.11 Å². The molecule has 0 saturated carbocycles. The molecule has 0 radical (unpaired) electrons. The molecular weight excluding hydrogens is 288 g/mol. The number of carbonyl (C=O) groups excluding carboxylic acids is 1. The number of amides is 1. The number of aromatic nitrogens is 1. The van der Waals surface area contributed by atoms with Crippen molar-refractivity contribution in [2.75, 3.05) is 0 Å². The Hall–Kier alpha value is -2.21. The van der Waals surface area contributed by atoms with Crippen LogP contribution in [0.4, 0.5) is 0 Å². The van der Waals surface area contributed by atoms with Gasteiger partial charge in [0.1, 0.15) is 9.88 Å². The molecule has 5 nitrogen and oxygen atoms in total. The van der Waals surface area contributed by atoms with Gasteiger partial charge in [0.2, 0.25) is 5.91 Å². The van der Waals surface area contributed by atoms with Gasteiger partial charge in [0.15, 0.2) is 0 Å². The number of carbonyl (C=O) groups is 2. The molecule has 0 spiro atoms. The molecule has 110 valence electrons. The average molecular weight is 304 g/mol. The molecule has 0 aliphatic heterocycles. The van der Waals surface area contributed by atoms with Gasteiger partial charge in [-0.25, -0.2) is 9.78 Å². The lowest BCUT2D eigenvalue weighted by Crippen LogP contribution is -2.24. The SMILES string of the molecule is CCc1nc(CC(=O)NCc2ccccc2)sc1C(=O)O. The predicted octanol–water partition coefficient (Wildman–Crippen LogP) is 2.26. The van der Waals surface area contributed by atoms with Crippen LogP contribution < -0.4 is 5.32 Å². The van der Waals surface area contributed by atoms with Crippen LogP contribution in [0.15, 0.2) is 30.3 Å². The van der Waals surface area contributed by atoms with Gasteiger partial charge in [-0.3, -0.25) is 4.79 Å². The Bertz CT molecular complexity index is 638. The fourth-order valence-electron chi connectivity index (χ4n) is 1.88. The van der Waals surface area contributed by atoms with E-state index in [-0.39, 0.29) is 17.2 Å². The summed E-state index contributed by atoms with van der Waals surface area (Å²) < 4.78 is 0. The Morgan fingerprint density at radius 3 is 2.57 bits per heavy atom. The van der Waals surface area contributed by atoms with Crippen LogP contribution in [0.1, 0.15) is 32.9 Å². The number of nitrogens with zero attached hydrogens (tertiary/aromatic N) is 1. The molecule has 0 fully saturated rings. The highest BCUT2D eigenvalue weighted by molar-refractivity contribution is 7.13. The largest absolute Gasteiger partial charge is 0.477 e. The van der Waals surface area contributed by atoms with Crippen molar-refractivity contribution in [1.82, 2.24) is 10.3 Å². The van der Waals surface area contributed by atoms with Crippen molar-refractivity contribution < 1.29 is 14.7 Å². The zero-order valence-corrected chi connectivity index (χ0v) is 12.4. The lowest BCUT2D eigenvalue weighted by molar-refractivity contribution is -0.120. The average Bonchev–Trinajstić information content (AvgIpc) is 2.89. The Kier molecular flexibility index (Phi) is 5.05. The highest BCUT2D eigenvalue weighted by atomic mass is 32.1. The van der Waals surface area contributed by atoms with Gasteiger partial charge in [-0.1, -0.05) is 37.3 Å². The van der Waals surface area contributed by atoms with E-state index in [0.717, 1.165) is 16.9 Å². The first-order valence-corrected chi connectivity index (χ1v) is 7.44. The molecule has 0 saturated heterocycles. The van der Waals surface area contributed by atoms with Crippen LogP contribution in [-0.4, -0.2) is 22.0 Å². The summed E-state index contributed by atoms with van der Waals surface area (Å²) in [5.74, 6) is -1.15. The molecule has 0 atom stereocenters. The van der Waals surface area contributed by atoms with E-state index in [0.29, 0.717) is 23.7 Å². The lowest BCUT2D eigenvalue weighted by Gasteiger charge is -2.03. The standard InChI is InChI=1S/C15H16N2O3S/c1-2-11-14(15(19)20)21-13(17-11)8-12(18)16-9-10-6-4-3-5-7-10/h3-7H,2,8-9H2,1H3,(H,16,18)(H,19,20). The lowest BCUT2D eigenvalue weighted by atomic mass is 10.2.